The van der Waals surface area contributed by atoms with Crippen LogP contribution in [0.5, 0.6) is 0 Å². The van der Waals surface area contributed by atoms with Gasteiger partial charge in [0.25, 0.3) is 0 Å². The minimum atomic E-state index is -0.635. The molecule has 31 heteroatoms. The van der Waals surface area contributed by atoms with E-state index in [4.69, 9.17) is 39.8 Å². The third-order valence-corrected chi connectivity index (χ3v) is 27.2. The normalized spacial score (nSPS) is 15.6. The molecule has 0 unspecified atom stereocenters. The molecular formula is C105H108F4N12O14S. The summed E-state index contributed by atoms with van der Waals surface area (Å²) in [7, 11) is 0. The number of nitrogens with zero attached hydrogens (tertiary/aromatic N) is 12. The van der Waals surface area contributed by atoms with Crippen molar-refractivity contribution in [1.29, 1.82) is 0 Å². The number of halogens is 4. The van der Waals surface area contributed by atoms with Crippen molar-refractivity contribution in [1.82, 2.24) is 59.8 Å². The lowest BCUT2D eigenvalue weighted by molar-refractivity contribution is 0.0493. The highest BCUT2D eigenvalue weighted by Gasteiger charge is 2.48. The van der Waals surface area contributed by atoms with Gasteiger partial charge in [0.1, 0.15) is 104 Å². The number of furan rings is 1. The Balaban J connectivity index is 0.000000139. The van der Waals surface area contributed by atoms with Crippen molar-refractivity contribution in [2.45, 2.75) is 181 Å². The Hall–Kier alpha value is -13.0. The highest BCUT2D eigenvalue weighted by molar-refractivity contribution is 7.10. The number of hydrogen-bond acceptors (Lipinski definition) is 27. The number of ketones is 6. The van der Waals surface area contributed by atoms with Gasteiger partial charge >= 0.3 is 0 Å². The Morgan fingerprint density at radius 1 is 0.324 bits per heavy atom. The molecule has 5 fully saturated rings. The number of thiophene rings is 1. The Labute approximate surface area is 788 Å². The molecule has 1 saturated heterocycles. The largest absolute Gasteiger partial charge is 0.469 e. The van der Waals surface area contributed by atoms with E-state index in [0.717, 1.165) is 131 Å². The monoisotopic (exact) mass is 1870 g/mol. The Morgan fingerprint density at radius 2 is 0.647 bits per heavy atom. The highest BCUT2D eigenvalue weighted by Crippen LogP contribution is 2.53. The standard InChI is InChI=1S/C21H18F2N2O2.2C19H21FN2O2.C18H20N2O3.C14H14N2O3.C14H14N2O2S/c1-21(15-2-6-17(22)7-3-15,16-4-8-18(23)9-5-16)10-20-24-11-14(12-25-20)19(27)13-26;20-16-6-4-15(5-7-16)19(8-2-1-3-9-19)10-18-21-11-14(12-22-18)17(24)13-23;20-16-6-4-5-15(9-16)19(7-2-1-3-8-19)10-18-21-11-14(12-22-18)17(24)13-23;21-13-16(22)14-11-19-17(20-12-14)10-18(6-8-23-9-7-18)15-4-2-1-3-5-15;2*17-9-11(18)10-7-15-13(16-8-10)6-14(3-4-14)12-2-1-5-19-12/h2-9,11-12,26H,10,13H2,1H3;4-7,11-12,23H,1-3,8-10,13H2;4-6,9,11-12,23H,1-3,7-8,10,13H2;1-5,11-12,21H,6-10,13H2;2*1-2,5,7-8,17H,3-4,6,9H2. The number of carbonyl (C=O) groups excluding carboxylic acids is 6. The molecule has 9 heterocycles. The molecule has 26 nitrogen and oxygen atoms in total. The smallest absolute Gasteiger partial charge is 0.191 e. The molecule has 136 heavy (non-hydrogen) atoms. The van der Waals surface area contributed by atoms with Gasteiger partial charge in [-0.1, -0.05) is 130 Å². The molecular weight excluding hydrogens is 1760 g/mol. The van der Waals surface area contributed by atoms with Crippen molar-refractivity contribution in [3.8, 4) is 0 Å². The van der Waals surface area contributed by atoms with Gasteiger partial charge in [0.15, 0.2) is 34.7 Å². The molecule has 5 aliphatic rings. The Morgan fingerprint density at radius 3 is 0.978 bits per heavy atom. The second kappa shape index (κ2) is 47.5. The molecule has 4 aliphatic carbocycles. The maximum Gasteiger partial charge on any atom is 0.191 e. The third kappa shape index (κ3) is 26.4. The van der Waals surface area contributed by atoms with Gasteiger partial charge in [-0.05, 0) is 164 Å². The average molecular weight is 1870 g/mol. The lowest BCUT2D eigenvalue weighted by atomic mass is 9.67. The van der Waals surface area contributed by atoms with E-state index in [-0.39, 0.29) is 84.8 Å². The summed E-state index contributed by atoms with van der Waals surface area (Å²) in [6, 6.07) is 44.3. The number of aliphatic hydroxyl groups is 6. The van der Waals surface area contributed by atoms with E-state index in [1.165, 1.54) is 153 Å². The zero-order valence-corrected chi connectivity index (χ0v) is 76.3. The van der Waals surface area contributed by atoms with Crippen LogP contribution in [0.15, 0.2) is 242 Å². The Bertz CT molecular complexity index is 5890. The van der Waals surface area contributed by atoms with Crippen LogP contribution in [0.2, 0.25) is 0 Å². The van der Waals surface area contributed by atoms with Gasteiger partial charge in [0.05, 0.1) is 39.6 Å². The maximum absolute atomic E-state index is 13.7. The summed E-state index contributed by atoms with van der Waals surface area (Å²) in [6.45, 7) is 0.189. The summed E-state index contributed by atoms with van der Waals surface area (Å²) in [5.74, 6) is 1.52. The van der Waals surface area contributed by atoms with Crippen LogP contribution in [0, 0.1) is 23.3 Å². The van der Waals surface area contributed by atoms with Crippen LogP contribution in [0.3, 0.4) is 0 Å². The first-order chi connectivity index (χ1) is 65.9. The van der Waals surface area contributed by atoms with Crippen LogP contribution < -0.4 is 0 Å². The zero-order chi connectivity index (χ0) is 96.1. The van der Waals surface area contributed by atoms with Crippen molar-refractivity contribution in [3.05, 3.63) is 368 Å². The number of hydrogen-bond donors (Lipinski definition) is 6. The molecule has 0 radical (unpaired) electrons. The van der Waals surface area contributed by atoms with Gasteiger partial charge < -0.3 is 39.8 Å². The fourth-order valence-corrected chi connectivity index (χ4v) is 18.7. The fraction of sp³-hybridized carbons (Fsp3) is 0.352. The Kier molecular flexibility index (Phi) is 35.1. The van der Waals surface area contributed by atoms with E-state index in [1.807, 2.05) is 43.3 Å². The van der Waals surface area contributed by atoms with Crippen LogP contribution in [0.1, 0.15) is 245 Å². The van der Waals surface area contributed by atoms with Gasteiger partial charge in [0, 0.05) is 163 Å². The summed E-state index contributed by atoms with van der Waals surface area (Å²) in [6.07, 6.45) is 40.4. The second-order valence-electron chi connectivity index (χ2n) is 35.2. The molecule has 0 bridgehead atoms. The highest BCUT2D eigenvalue weighted by atomic mass is 32.1. The lowest BCUT2D eigenvalue weighted by Gasteiger charge is -2.37. The maximum atomic E-state index is 13.7. The van der Waals surface area contributed by atoms with E-state index < -0.39 is 50.8 Å². The minimum absolute atomic E-state index is 0.0258. The van der Waals surface area contributed by atoms with Gasteiger partial charge in [-0.25, -0.2) is 77.4 Å². The van der Waals surface area contributed by atoms with Crippen LogP contribution in [-0.4, -0.2) is 178 Å². The number of Topliss-reactive ketones (excluding diaryl/α,β-unsaturated/α-hetero) is 6. The number of carbonyl (C=O) groups is 6. The molecule has 0 spiro atoms. The lowest BCUT2D eigenvalue weighted by Crippen LogP contribution is -2.36. The van der Waals surface area contributed by atoms with Crippen molar-refractivity contribution in [2.24, 2.45) is 0 Å². The molecule has 1 aliphatic heterocycles. The van der Waals surface area contributed by atoms with Crippen molar-refractivity contribution >= 4 is 46.0 Å². The molecule has 0 amide bonds. The molecule has 6 N–H and O–H groups in total. The topological polar surface area (TPSA) is 401 Å². The second-order valence-corrected chi connectivity index (χ2v) is 36.1. The first kappa shape index (κ1) is 100. The summed E-state index contributed by atoms with van der Waals surface area (Å²) < 4.78 is 64.8. The van der Waals surface area contributed by atoms with Crippen molar-refractivity contribution < 1.29 is 86.1 Å². The number of ether oxygens (including phenoxy) is 1. The molecule has 0 atom stereocenters. The van der Waals surface area contributed by atoms with Gasteiger partial charge in [0.2, 0.25) is 0 Å². The van der Waals surface area contributed by atoms with E-state index in [1.54, 1.807) is 54.0 Å². The van der Waals surface area contributed by atoms with E-state index >= 15 is 0 Å². The minimum Gasteiger partial charge on any atom is -0.469 e. The van der Waals surface area contributed by atoms with Crippen molar-refractivity contribution in [3.63, 3.8) is 0 Å². The molecule has 4 saturated carbocycles. The third-order valence-electron chi connectivity index (χ3n) is 26.1. The van der Waals surface area contributed by atoms with Crippen molar-refractivity contribution in [2.75, 3.05) is 52.9 Å². The molecule has 706 valence electrons. The van der Waals surface area contributed by atoms with E-state index in [0.29, 0.717) is 89.0 Å². The van der Waals surface area contributed by atoms with Crippen LogP contribution >= 0.6 is 11.3 Å². The molecule has 13 aromatic rings. The summed E-state index contributed by atoms with van der Waals surface area (Å²) >= 11 is 1.78. The summed E-state index contributed by atoms with van der Waals surface area (Å²) in [5.41, 5.74) is 6.34. The van der Waals surface area contributed by atoms with Crippen LogP contribution in [0.4, 0.5) is 17.6 Å². The van der Waals surface area contributed by atoms with Crippen LogP contribution in [-0.2, 0) is 75.8 Å². The first-order valence-corrected chi connectivity index (χ1v) is 46.2. The van der Waals surface area contributed by atoms with Gasteiger partial charge in [-0.15, -0.1) is 11.3 Å². The predicted octanol–water partition coefficient (Wildman–Crippen LogP) is 15.4. The number of rotatable bonds is 31. The number of aliphatic hydroxyl groups excluding tert-OH is 6. The predicted molar refractivity (Wildman–Crippen MR) is 498 cm³/mol. The van der Waals surface area contributed by atoms with E-state index in [9.17, 15) is 46.3 Å². The van der Waals surface area contributed by atoms with Gasteiger partial charge in [-0.2, -0.15) is 0 Å². The quantitative estimate of drug-likeness (QED) is 0.0174. The number of benzene rings is 5. The zero-order valence-electron chi connectivity index (χ0n) is 75.5. The fourth-order valence-electron chi connectivity index (χ4n) is 17.7. The van der Waals surface area contributed by atoms with Gasteiger partial charge in [-0.3, -0.25) is 28.8 Å². The molecule has 5 aromatic carbocycles. The summed E-state index contributed by atoms with van der Waals surface area (Å²) in [5, 5.41) is 55.2. The first-order valence-electron chi connectivity index (χ1n) is 45.3. The van der Waals surface area contributed by atoms with Crippen LogP contribution in [0.25, 0.3) is 0 Å². The van der Waals surface area contributed by atoms with E-state index in [2.05, 4.69) is 102 Å². The average Bonchev–Trinajstić information content (AvgIpc) is 1.58. The molecule has 8 aromatic heterocycles. The summed E-state index contributed by atoms with van der Waals surface area (Å²) in [4.78, 5) is 121. The number of aromatic nitrogens is 12. The SMILES string of the molecule is CC(Cc1ncc(C(=O)CO)cn1)(c1ccc(F)cc1)c1ccc(F)cc1.O=C(CO)c1cnc(CC2(c3ccc(F)cc3)CCCCC2)nc1.O=C(CO)c1cnc(CC2(c3cccc(F)c3)CCCCC2)nc1.O=C(CO)c1cnc(CC2(c3ccccc3)CCOCC2)nc1.O=C(CO)c1cnc(CC2(c3ccco3)CC2)nc1.O=C(CO)c1cnc(CC2(c3cccs3)CC2)nc1. The molecule has 18 rings (SSSR count).